The lowest BCUT2D eigenvalue weighted by Crippen LogP contribution is -2.27. The summed E-state index contributed by atoms with van der Waals surface area (Å²) in [7, 11) is 0. The van der Waals surface area contributed by atoms with E-state index in [1.54, 1.807) is 24.4 Å². The fourth-order valence-electron chi connectivity index (χ4n) is 2.35. The average Bonchev–Trinajstić information content (AvgIpc) is 2.48. The van der Waals surface area contributed by atoms with Crippen LogP contribution in [0.15, 0.2) is 42.6 Å². The Morgan fingerprint density at radius 1 is 1.25 bits per heavy atom. The van der Waals surface area contributed by atoms with Crippen molar-refractivity contribution in [3.05, 3.63) is 64.7 Å². The minimum atomic E-state index is -0.358. The molecule has 0 radical (unpaired) electrons. The number of halogens is 2. The predicted molar refractivity (Wildman–Crippen MR) is 80.5 cm³/mol. The second-order valence-electron chi connectivity index (χ2n) is 4.72. The van der Waals surface area contributed by atoms with E-state index in [4.69, 9.17) is 11.6 Å². The molecule has 0 saturated heterocycles. The van der Waals surface area contributed by atoms with Crippen molar-refractivity contribution in [2.75, 3.05) is 6.54 Å². The minimum absolute atomic E-state index is 0.0455. The summed E-state index contributed by atoms with van der Waals surface area (Å²) in [6.45, 7) is 4.78. The molecule has 0 amide bonds. The second kappa shape index (κ2) is 6.82. The van der Waals surface area contributed by atoms with Gasteiger partial charge in [-0.2, -0.15) is 0 Å². The van der Waals surface area contributed by atoms with Crippen LogP contribution >= 0.6 is 11.6 Å². The highest BCUT2D eigenvalue weighted by molar-refractivity contribution is 6.30. The van der Waals surface area contributed by atoms with Gasteiger partial charge in [0.15, 0.2) is 0 Å². The van der Waals surface area contributed by atoms with Gasteiger partial charge in [0.1, 0.15) is 5.82 Å². The van der Waals surface area contributed by atoms with Gasteiger partial charge in [0, 0.05) is 29.4 Å². The van der Waals surface area contributed by atoms with Gasteiger partial charge in [-0.05, 0) is 24.7 Å². The largest absolute Gasteiger partial charge is 0.310 e. The lowest BCUT2D eigenvalue weighted by molar-refractivity contribution is 0.450. The molecular formula is C16H18ClFN2. The Morgan fingerprint density at radius 2 is 2.05 bits per heavy atom. The molecule has 1 heterocycles. The molecule has 1 aromatic carbocycles. The zero-order valence-corrected chi connectivity index (χ0v) is 12.4. The van der Waals surface area contributed by atoms with Gasteiger partial charge in [0.05, 0.1) is 5.02 Å². The lowest BCUT2D eigenvalue weighted by Gasteiger charge is -2.25. The zero-order chi connectivity index (χ0) is 14.5. The van der Waals surface area contributed by atoms with E-state index in [1.165, 1.54) is 0 Å². The molecule has 1 aromatic heterocycles. The number of hydrogen-bond acceptors (Lipinski definition) is 2. The Balaban J connectivity index is 2.38. The van der Waals surface area contributed by atoms with Gasteiger partial charge >= 0.3 is 0 Å². The molecular weight excluding hydrogens is 275 g/mol. The van der Waals surface area contributed by atoms with Crippen molar-refractivity contribution < 1.29 is 4.39 Å². The summed E-state index contributed by atoms with van der Waals surface area (Å²) in [4.78, 5) is 4.36. The summed E-state index contributed by atoms with van der Waals surface area (Å²) in [5, 5.41) is 3.48. The predicted octanol–water partition coefficient (Wildman–Crippen LogP) is 4.33. The van der Waals surface area contributed by atoms with E-state index in [0.29, 0.717) is 5.56 Å². The number of likely N-dealkylation sites (N-methyl/N-ethyl adjacent to an activating group) is 1. The number of nitrogens with one attached hydrogen (secondary N) is 1. The zero-order valence-electron chi connectivity index (χ0n) is 11.6. The topological polar surface area (TPSA) is 24.9 Å². The van der Waals surface area contributed by atoms with E-state index in [9.17, 15) is 4.39 Å². The molecule has 0 bridgehead atoms. The maximum Gasteiger partial charge on any atom is 0.146 e. The molecule has 2 rings (SSSR count). The van der Waals surface area contributed by atoms with E-state index < -0.39 is 0 Å². The smallest absolute Gasteiger partial charge is 0.146 e. The average molecular weight is 293 g/mol. The molecule has 2 atom stereocenters. The molecule has 0 spiro atoms. The van der Waals surface area contributed by atoms with Crippen LogP contribution in [0.1, 0.15) is 37.1 Å². The highest BCUT2D eigenvalue weighted by Crippen LogP contribution is 2.32. The summed E-state index contributed by atoms with van der Waals surface area (Å²) < 4.78 is 14.3. The van der Waals surface area contributed by atoms with Crippen molar-refractivity contribution in [2.45, 2.75) is 25.8 Å². The number of aromatic nitrogens is 1. The van der Waals surface area contributed by atoms with E-state index in [2.05, 4.69) is 10.3 Å². The Labute approximate surface area is 124 Å². The molecule has 2 unspecified atom stereocenters. The van der Waals surface area contributed by atoms with Crippen molar-refractivity contribution >= 4 is 11.6 Å². The van der Waals surface area contributed by atoms with Gasteiger partial charge < -0.3 is 5.32 Å². The van der Waals surface area contributed by atoms with Gasteiger partial charge in [-0.3, -0.25) is 4.98 Å². The van der Waals surface area contributed by atoms with Gasteiger partial charge in [-0.15, -0.1) is 0 Å². The highest BCUT2D eigenvalue weighted by Gasteiger charge is 2.24. The summed E-state index contributed by atoms with van der Waals surface area (Å²) in [6, 6.07) is 10.7. The first kappa shape index (κ1) is 14.9. The Bertz CT molecular complexity index is 560. The van der Waals surface area contributed by atoms with E-state index in [1.807, 2.05) is 32.0 Å². The molecule has 1 N–H and O–H groups in total. The summed E-state index contributed by atoms with van der Waals surface area (Å²) in [6.07, 6.45) is 1.75. The minimum Gasteiger partial charge on any atom is -0.310 e. The normalized spacial score (nSPS) is 14.0. The molecule has 106 valence electrons. The van der Waals surface area contributed by atoms with Crippen LogP contribution in [0, 0.1) is 5.82 Å². The van der Waals surface area contributed by atoms with E-state index in [-0.39, 0.29) is 22.8 Å². The van der Waals surface area contributed by atoms with Crippen LogP contribution in [0.4, 0.5) is 4.39 Å². The number of benzene rings is 1. The third-order valence-corrected chi connectivity index (χ3v) is 3.69. The van der Waals surface area contributed by atoms with Crippen molar-refractivity contribution in [3.63, 3.8) is 0 Å². The maximum absolute atomic E-state index is 14.3. The van der Waals surface area contributed by atoms with Gasteiger partial charge in [-0.25, -0.2) is 4.39 Å². The standard InChI is InChI=1S/C16H18ClFN2/c1-3-19-16(11(2)14-9-4-5-10-20-14)12-7-6-8-13(17)15(12)18/h4-11,16,19H,3H2,1-2H3. The van der Waals surface area contributed by atoms with Gasteiger partial charge in [-0.1, -0.05) is 43.6 Å². The molecule has 0 aliphatic carbocycles. The summed E-state index contributed by atoms with van der Waals surface area (Å²) >= 11 is 5.89. The molecule has 2 aromatic rings. The Morgan fingerprint density at radius 3 is 2.70 bits per heavy atom. The summed E-state index contributed by atoms with van der Waals surface area (Å²) in [5.74, 6) is -0.313. The first-order valence-corrected chi connectivity index (χ1v) is 7.11. The molecule has 2 nitrogen and oxygen atoms in total. The van der Waals surface area contributed by atoms with Crippen LogP contribution in [0.3, 0.4) is 0 Å². The molecule has 0 saturated carbocycles. The van der Waals surface area contributed by atoms with E-state index >= 15 is 0 Å². The molecule has 0 aliphatic heterocycles. The van der Waals surface area contributed by atoms with Crippen molar-refractivity contribution in [2.24, 2.45) is 0 Å². The number of pyridine rings is 1. The van der Waals surface area contributed by atoms with Crippen LogP contribution in [0.2, 0.25) is 5.02 Å². The first-order valence-electron chi connectivity index (χ1n) is 6.73. The first-order chi connectivity index (χ1) is 9.65. The van der Waals surface area contributed by atoms with Crippen LogP contribution in [0.5, 0.6) is 0 Å². The molecule has 20 heavy (non-hydrogen) atoms. The molecule has 0 aliphatic rings. The monoisotopic (exact) mass is 292 g/mol. The van der Waals surface area contributed by atoms with E-state index in [0.717, 1.165) is 12.2 Å². The fraction of sp³-hybridized carbons (Fsp3) is 0.312. The fourth-order valence-corrected chi connectivity index (χ4v) is 2.53. The highest BCUT2D eigenvalue weighted by atomic mass is 35.5. The Kier molecular flexibility index (Phi) is 5.10. The van der Waals surface area contributed by atoms with Crippen LogP contribution in [-0.4, -0.2) is 11.5 Å². The number of rotatable bonds is 5. The molecule has 0 fully saturated rings. The molecule has 4 heteroatoms. The maximum atomic E-state index is 14.3. The van der Waals surface area contributed by atoms with Crippen molar-refractivity contribution in [1.82, 2.24) is 10.3 Å². The lowest BCUT2D eigenvalue weighted by atomic mass is 9.91. The quantitative estimate of drug-likeness (QED) is 0.887. The number of hydrogen-bond donors (Lipinski definition) is 1. The van der Waals surface area contributed by atoms with Crippen LogP contribution in [-0.2, 0) is 0 Å². The third kappa shape index (κ3) is 3.17. The van der Waals surface area contributed by atoms with Gasteiger partial charge in [0.2, 0.25) is 0 Å². The van der Waals surface area contributed by atoms with Crippen LogP contribution < -0.4 is 5.32 Å². The number of nitrogens with zero attached hydrogens (tertiary/aromatic N) is 1. The SMILES string of the molecule is CCNC(c1cccc(Cl)c1F)C(C)c1ccccn1. The third-order valence-electron chi connectivity index (χ3n) is 3.39. The van der Waals surface area contributed by atoms with Crippen LogP contribution in [0.25, 0.3) is 0 Å². The summed E-state index contributed by atoms with van der Waals surface area (Å²) in [5.41, 5.74) is 1.51. The van der Waals surface area contributed by atoms with Crippen molar-refractivity contribution in [3.8, 4) is 0 Å². The van der Waals surface area contributed by atoms with Gasteiger partial charge in [0.25, 0.3) is 0 Å². The second-order valence-corrected chi connectivity index (χ2v) is 5.13. The van der Waals surface area contributed by atoms with Crippen molar-refractivity contribution in [1.29, 1.82) is 0 Å². The Hall–Kier alpha value is -1.45.